The van der Waals surface area contributed by atoms with Crippen molar-refractivity contribution in [1.29, 1.82) is 0 Å². The van der Waals surface area contributed by atoms with Gasteiger partial charge in [0, 0.05) is 29.2 Å². The number of para-hydroxylation sites is 1. The average Bonchev–Trinajstić information content (AvgIpc) is 2.67. The van der Waals surface area contributed by atoms with Crippen LogP contribution in [0.5, 0.6) is 0 Å². The van der Waals surface area contributed by atoms with Crippen LogP contribution in [0.15, 0.2) is 24.3 Å². The number of H-pyrrole nitrogens is 1. The molecule has 18 heavy (non-hydrogen) atoms. The van der Waals surface area contributed by atoms with Crippen molar-refractivity contribution in [1.82, 2.24) is 9.88 Å². The Morgan fingerprint density at radius 2 is 2.17 bits per heavy atom. The molecular weight excluding hydrogens is 234 g/mol. The second-order valence-corrected chi connectivity index (χ2v) is 5.00. The number of benzene rings is 1. The highest BCUT2D eigenvalue weighted by molar-refractivity contribution is 5.84. The van der Waals surface area contributed by atoms with E-state index in [0.29, 0.717) is 6.54 Å². The molecule has 0 unspecified atom stereocenters. The maximum absolute atomic E-state index is 12.5. The summed E-state index contributed by atoms with van der Waals surface area (Å²) in [6, 6.07) is 8.32. The third-order valence-corrected chi connectivity index (χ3v) is 3.76. The summed E-state index contributed by atoms with van der Waals surface area (Å²) in [7, 11) is 0. The Balaban J connectivity index is 1.97. The molecule has 1 aliphatic heterocycles. The fourth-order valence-corrected chi connectivity index (χ4v) is 2.83. The average molecular weight is 250 g/mol. The maximum Gasteiger partial charge on any atom is 0.251 e. The largest absolute Gasteiger partial charge is 0.357 e. The normalized spacial score (nSPS) is 20.6. The first-order chi connectivity index (χ1) is 8.65. The molecule has 0 aliphatic carbocycles. The zero-order valence-electron chi connectivity index (χ0n) is 10.3. The summed E-state index contributed by atoms with van der Waals surface area (Å²) in [4.78, 5) is 5.20. The van der Waals surface area contributed by atoms with Gasteiger partial charge in [0.2, 0.25) is 0 Å². The van der Waals surface area contributed by atoms with Gasteiger partial charge in [-0.3, -0.25) is 4.90 Å². The SMILES string of the molecule is C[C@@H]1Cc2c([nH]c3ccccc23)CN1CC(F)F. The summed E-state index contributed by atoms with van der Waals surface area (Å²) in [6.45, 7) is 2.47. The third kappa shape index (κ3) is 1.90. The van der Waals surface area contributed by atoms with Crippen LogP contribution in [0.4, 0.5) is 8.78 Å². The molecule has 2 heterocycles. The fraction of sp³-hybridized carbons (Fsp3) is 0.429. The van der Waals surface area contributed by atoms with Crippen LogP contribution < -0.4 is 0 Å². The predicted octanol–water partition coefficient (Wildman–Crippen LogP) is 3.18. The molecule has 3 rings (SSSR count). The molecule has 0 radical (unpaired) electrons. The fourth-order valence-electron chi connectivity index (χ4n) is 2.83. The molecule has 0 saturated carbocycles. The van der Waals surface area contributed by atoms with Crippen LogP contribution in [0.25, 0.3) is 10.9 Å². The van der Waals surface area contributed by atoms with Crippen molar-refractivity contribution in [3.63, 3.8) is 0 Å². The highest BCUT2D eigenvalue weighted by atomic mass is 19.3. The predicted molar refractivity (Wildman–Crippen MR) is 67.9 cm³/mol. The van der Waals surface area contributed by atoms with E-state index in [2.05, 4.69) is 11.1 Å². The molecule has 0 amide bonds. The van der Waals surface area contributed by atoms with Crippen molar-refractivity contribution in [3.05, 3.63) is 35.5 Å². The minimum Gasteiger partial charge on any atom is -0.357 e. The molecule has 1 atom stereocenters. The number of nitrogens with one attached hydrogen (secondary N) is 1. The van der Waals surface area contributed by atoms with Gasteiger partial charge in [0.1, 0.15) is 0 Å². The van der Waals surface area contributed by atoms with Crippen LogP contribution in [-0.2, 0) is 13.0 Å². The van der Waals surface area contributed by atoms with Crippen LogP contribution >= 0.6 is 0 Å². The topological polar surface area (TPSA) is 19.0 Å². The maximum atomic E-state index is 12.5. The number of rotatable bonds is 2. The van der Waals surface area contributed by atoms with Gasteiger partial charge in [-0.25, -0.2) is 8.78 Å². The summed E-state index contributed by atoms with van der Waals surface area (Å²) in [5, 5.41) is 1.23. The van der Waals surface area contributed by atoms with Crippen LogP contribution in [0.2, 0.25) is 0 Å². The zero-order valence-corrected chi connectivity index (χ0v) is 10.3. The van der Waals surface area contributed by atoms with E-state index in [1.165, 1.54) is 10.9 Å². The van der Waals surface area contributed by atoms with E-state index < -0.39 is 6.43 Å². The lowest BCUT2D eigenvalue weighted by molar-refractivity contribution is 0.0597. The van der Waals surface area contributed by atoms with Gasteiger partial charge in [0.05, 0.1) is 6.54 Å². The van der Waals surface area contributed by atoms with Crippen molar-refractivity contribution in [2.75, 3.05) is 6.54 Å². The highest BCUT2D eigenvalue weighted by Crippen LogP contribution is 2.30. The van der Waals surface area contributed by atoms with Gasteiger partial charge in [-0.2, -0.15) is 0 Å². The first kappa shape index (κ1) is 11.7. The van der Waals surface area contributed by atoms with Gasteiger partial charge in [-0.1, -0.05) is 18.2 Å². The molecule has 2 nitrogen and oxygen atoms in total. The molecule has 0 bridgehead atoms. The second kappa shape index (κ2) is 4.35. The number of hydrogen-bond donors (Lipinski definition) is 1. The zero-order chi connectivity index (χ0) is 12.7. The minimum atomic E-state index is -2.27. The Hall–Kier alpha value is -1.42. The molecule has 1 aromatic heterocycles. The lowest BCUT2D eigenvalue weighted by Crippen LogP contribution is -2.40. The molecule has 2 aromatic rings. The van der Waals surface area contributed by atoms with Crippen LogP contribution in [0, 0.1) is 0 Å². The van der Waals surface area contributed by atoms with Gasteiger partial charge in [-0.15, -0.1) is 0 Å². The standard InChI is InChI=1S/C14H16F2N2/c1-9-6-11-10-4-2-3-5-12(10)17-13(11)7-18(9)8-14(15)16/h2-5,9,14,17H,6-8H2,1H3/t9-/m1/s1. The van der Waals surface area contributed by atoms with Gasteiger partial charge in [0.15, 0.2) is 0 Å². The third-order valence-electron chi connectivity index (χ3n) is 3.76. The van der Waals surface area contributed by atoms with E-state index in [1.807, 2.05) is 30.0 Å². The Morgan fingerprint density at radius 3 is 2.94 bits per heavy atom. The number of nitrogens with zero attached hydrogens (tertiary/aromatic N) is 1. The Kier molecular flexibility index (Phi) is 2.82. The molecular formula is C14H16F2N2. The summed E-state index contributed by atoms with van der Waals surface area (Å²) in [6.07, 6.45) is -1.43. The molecule has 96 valence electrons. The van der Waals surface area contributed by atoms with Crippen molar-refractivity contribution in [2.24, 2.45) is 0 Å². The summed E-state index contributed by atoms with van der Waals surface area (Å²) < 4.78 is 25.0. The molecule has 1 aliphatic rings. The van der Waals surface area contributed by atoms with E-state index >= 15 is 0 Å². The monoisotopic (exact) mass is 250 g/mol. The van der Waals surface area contributed by atoms with E-state index in [9.17, 15) is 8.78 Å². The van der Waals surface area contributed by atoms with Crippen LogP contribution in [0.1, 0.15) is 18.2 Å². The molecule has 0 spiro atoms. The van der Waals surface area contributed by atoms with Crippen LogP contribution in [0.3, 0.4) is 0 Å². The smallest absolute Gasteiger partial charge is 0.251 e. The molecule has 1 N–H and O–H groups in total. The van der Waals surface area contributed by atoms with E-state index in [0.717, 1.165) is 17.6 Å². The highest BCUT2D eigenvalue weighted by Gasteiger charge is 2.27. The first-order valence-corrected chi connectivity index (χ1v) is 6.26. The Labute approximate surface area is 105 Å². The van der Waals surface area contributed by atoms with E-state index in [4.69, 9.17) is 0 Å². The van der Waals surface area contributed by atoms with Crippen molar-refractivity contribution >= 4 is 10.9 Å². The number of fused-ring (bicyclic) bond motifs is 3. The Bertz CT molecular complexity index is 562. The van der Waals surface area contributed by atoms with Gasteiger partial charge in [-0.05, 0) is 25.0 Å². The molecule has 1 aromatic carbocycles. The first-order valence-electron chi connectivity index (χ1n) is 6.26. The van der Waals surface area contributed by atoms with E-state index in [-0.39, 0.29) is 12.6 Å². The lowest BCUT2D eigenvalue weighted by Gasteiger charge is -2.33. The second-order valence-electron chi connectivity index (χ2n) is 5.00. The number of hydrogen-bond acceptors (Lipinski definition) is 1. The Morgan fingerprint density at radius 1 is 1.39 bits per heavy atom. The van der Waals surface area contributed by atoms with Crippen LogP contribution in [-0.4, -0.2) is 28.9 Å². The van der Waals surface area contributed by atoms with Crippen molar-refractivity contribution in [2.45, 2.75) is 32.4 Å². The van der Waals surface area contributed by atoms with Gasteiger partial charge in [0.25, 0.3) is 6.43 Å². The van der Waals surface area contributed by atoms with Gasteiger partial charge < -0.3 is 4.98 Å². The molecule has 0 fully saturated rings. The quantitative estimate of drug-likeness (QED) is 0.867. The number of aromatic amines is 1. The summed E-state index contributed by atoms with van der Waals surface area (Å²) >= 11 is 0. The lowest BCUT2D eigenvalue weighted by atomic mass is 9.98. The van der Waals surface area contributed by atoms with Crippen molar-refractivity contribution < 1.29 is 8.78 Å². The minimum absolute atomic E-state index is 0.143. The molecule has 4 heteroatoms. The molecule has 0 saturated heterocycles. The number of halogens is 2. The summed E-state index contributed by atoms with van der Waals surface area (Å²) in [5.74, 6) is 0. The van der Waals surface area contributed by atoms with E-state index in [1.54, 1.807) is 0 Å². The number of aromatic nitrogens is 1. The van der Waals surface area contributed by atoms with Gasteiger partial charge >= 0.3 is 0 Å². The van der Waals surface area contributed by atoms with Crippen molar-refractivity contribution in [3.8, 4) is 0 Å². The number of alkyl halides is 2. The summed E-state index contributed by atoms with van der Waals surface area (Å²) in [5.41, 5.74) is 3.49.